The highest BCUT2D eigenvalue weighted by atomic mass is 35.5. The SMILES string of the molecule is CN=C(NCc1ccccc1Cl)NCC(c1cccs1)N1CCOC(C)C1. The molecule has 1 saturated heterocycles. The first-order valence-electron chi connectivity index (χ1n) is 9.24. The number of hydrogen-bond donors (Lipinski definition) is 2. The van der Waals surface area contributed by atoms with Crippen molar-refractivity contribution in [2.75, 3.05) is 33.3 Å². The highest BCUT2D eigenvalue weighted by molar-refractivity contribution is 7.10. The molecule has 5 nitrogen and oxygen atoms in total. The molecule has 3 rings (SSSR count). The Morgan fingerprint density at radius 2 is 2.19 bits per heavy atom. The van der Waals surface area contributed by atoms with E-state index in [2.05, 4.69) is 45.0 Å². The van der Waals surface area contributed by atoms with Gasteiger partial charge in [0.25, 0.3) is 0 Å². The number of nitrogens with zero attached hydrogens (tertiary/aromatic N) is 2. The smallest absolute Gasteiger partial charge is 0.191 e. The zero-order chi connectivity index (χ0) is 19.1. The Morgan fingerprint density at radius 1 is 1.33 bits per heavy atom. The Balaban J connectivity index is 1.60. The molecule has 1 aliphatic rings. The van der Waals surface area contributed by atoms with Crippen LogP contribution in [-0.4, -0.2) is 50.3 Å². The molecule has 1 fully saturated rings. The monoisotopic (exact) mass is 406 g/mol. The van der Waals surface area contributed by atoms with Crippen molar-refractivity contribution in [2.45, 2.75) is 25.6 Å². The van der Waals surface area contributed by atoms with Crippen molar-refractivity contribution in [3.8, 4) is 0 Å². The number of halogens is 1. The van der Waals surface area contributed by atoms with Crippen LogP contribution < -0.4 is 10.6 Å². The van der Waals surface area contributed by atoms with Gasteiger partial charge in [-0.1, -0.05) is 35.9 Å². The first kappa shape index (κ1) is 20.1. The summed E-state index contributed by atoms with van der Waals surface area (Å²) in [5.41, 5.74) is 1.05. The Bertz CT molecular complexity index is 737. The van der Waals surface area contributed by atoms with Crippen LogP contribution in [0.15, 0.2) is 46.8 Å². The van der Waals surface area contributed by atoms with Gasteiger partial charge >= 0.3 is 0 Å². The number of hydrogen-bond acceptors (Lipinski definition) is 4. The third-order valence-corrected chi connectivity index (χ3v) is 6.02. The predicted molar refractivity (Wildman–Crippen MR) is 114 cm³/mol. The molecule has 0 radical (unpaired) electrons. The van der Waals surface area contributed by atoms with E-state index in [0.717, 1.165) is 42.8 Å². The molecule has 27 heavy (non-hydrogen) atoms. The van der Waals surface area contributed by atoms with Gasteiger partial charge in [-0.2, -0.15) is 0 Å². The van der Waals surface area contributed by atoms with Crippen LogP contribution in [0, 0.1) is 0 Å². The summed E-state index contributed by atoms with van der Waals surface area (Å²) in [6.45, 7) is 6.22. The second kappa shape index (κ2) is 10.1. The maximum absolute atomic E-state index is 6.24. The summed E-state index contributed by atoms with van der Waals surface area (Å²) in [5, 5.41) is 9.73. The van der Waals surface area contributed by atoms with Crippen molar-refractivity contribution >= 4 is 28.9 Å². The molecule has 2 aromatic rings. The molecule has 0 amide bonds. The topological polar surface area (TPSA) is 48.9 Å². The lowest BCUT2D eigenvalue weighted by Crippen LogP contribution is -2.47. The van der Waals surface area contributed by atoms with Crippen LogP contribution >= 0.6 is 22.9 Å². The van der Waals surface area contributed by atoms with Crippen LogP contribution in [-0.2, 0) is 11.3 Å². The van der Waals surface area contributed by atoms with Gasteiger partial charge in [0.1, 0.15) is 0 Å². The average molecular weight is 407 g/mol. The van der Waals surface area contributed by atoms with E-state index in [4.69, 9.17) is 16.3 Å². The van der Waals surface area contributed by atoms with E-state index < -0.39 is 0 Å². The van der Waals surface area contributed by atoms with Crippen molar-refractivity contribution in [2.24, 2.45) is 4.99 Å². The van der Waals surface area contributed by atoms with Crippen LogP contribution in [0.2, 0.25) is 5.02 Å². The van der Waals surface area contributed by atoms with Gasteiger partial charge in [-0.25, -0.2) is 0 Å². The normalized spacial score (nSPS) is 19.7. The van der Waals surface area contributed by atoms with E-state index in [1.54, 1.807) is 18.4 Å². The van der Waals surface area contributed by atoms with Gasteiger partial charge in [0.2, 0.25) is 0 Å². The molecule has 2 N–H and O–H groups in total. The quantitative estimate of drug-likeness (QED) is 0.569. The summed E-state index contributed by atoms with van der Waals surface area (Å²) < 4.78 is 5.71. The second-order valence-corrected chi connectivity index (χ2v) is 7.99. The molecular formula is C20H27ClN4OS. The van der Waals surface area contributed by atoms with Crippen LogP contribution in [0.4, 0.5) is 0 Å². The molecule has 2 atom stereocenters. The van der Waals surface area contributed by atoms with Crippen LogP contribution in [0.25, 0.3) is 0 Å². The summed E-state index contributed by atoms with van der Waals surface area (Å²) in [5.74, 6) is 0.776. The number of rotatable bonds is 6. The van der Waals surface area contributed by atoms with E-state index in [9.17, 15) is 0 Å². The third kappa shape index (κ3) is 5.69. The molecular weight excluding hydrogens is 380 g/mol. The van der Waals surface area contributed by atoms with Crippen molar-refractivity contribution < 1.29 is 4.74 Å². The third-order valence-electron chi connectivity index (χ3n) is 4.68. The van der Waals surface area contributed by atoms with Crippen molar-refractivity contribution in [3.05, 3.63) is 57.2 Å². The lowest BCUT2D eigenvalue weighted by Gasteiger charge is -2.37. The van der Waals surface area contributed by atoms with Gasteiger partial charge in [0.15, 0.2) is 5.96 Å². The number of aliphatic imine (C=N–C) groups is 1. The second-order valence-electron chi connectivity index (χ2n) is 6.61. The molecule has 0 saturated carbocycles. The van der Waals surface area contributed by atoms with Crippen molar-refractivity contribution in [1.29, 1.82) is 0 Å². The Morgan fingerprint density at radius 3 is 2.89 bits per heavy atom. The fourth-order valence-electron chi connectivity index (χ4n) is 3.25. The van der Waals surface area contributed by atoms with E-state index in [1.165, 1.54) is 4.88 Å². The zero-order valence-corrected chi connectivity index (χ0v) is 17.4. The first-order chi connectivity index (χ1) is 13.2. The summed E-state index contributed by atoms with van der Waals surface area (Å²) in [6.07, 6.45) is 0.263. The number of benzene rings is 1. The number of thiophene rings is 1. The number of morpholine rings is 1. The fraction of sp³-hybridized carbons (Fsp3) is 0.450. The summed E-state index contributed by atoms with van der Waals surface area (Å²) in [4.78, 5) is 8.21. The standard InChI is InChI=1S/C20H27ClN4OS/c1-15-14-25(9-10-26-15)18(19-8-5-11-27-19)13-24-20(22-2)23-12-16-6-3-4-7-17(16)21/h3-8,11,15,18H,9-10,12-14H2,1-2H3,(H2,22,23,24). The minimum Gasteiger partial charge on any atom is -0.376 e. The predicted octanol–water partition coefficient (Wildman–Crippen LogP) is 3.53. The molecule has 1 aliphatic heterocycles. The van der Waals surface area contributed by atoms with Gasteiger partial charge in [0, 0.05) is 43.1 Å². The minimum atomic E-state index is 0.263. The average Bonchev–Trinajstić information content (AvgIpc) is 3.20. The Hall–Kier alpha value is -1.60. The lowest BCUT2D eigenvalue weighted by atomic mass is 10.1. The number of ether oxygens (including phenoxy) is 1. The van der Waals surface area contributed by atoms with Crippen molar-refractivity contribution in [1.82, 2.24) is 15.5 Å². The highest BCUT2D eigenvalue weighted by Gasteiger charge is 2.26. The zero-order valence-electron chi connectivity index (χ0n) is 15.8. The largest absolute Gasteiger partial charge is 0.376 e. The minimum absolute atomic E-state index is 0.263. The Kier molecular flexibility index (Phi) is 7.52. The fourth-order valence-corrected chi connectivity index (χ4v) is 4.32. The molecule has 0 bridgehead atoms. The number of guanidine groups is 1. The molecule has 0 spiro atoms. The lowest BCUT2D eigenvalue weighted by molar-refractivity contribution is -0.0334. The molecule has 2 heterocycles. The molecule has 146 valence electrons. The molecule has 0 aliphatic carbocycles. The molecule has 7 heteroatoms. The van der Waals surface area contributed by atoms with Crippen LogP contribution in [0.5, 0.6) is 0 Å². The summed E-state index contributed by atoms with van der Waals surface area (Å²) in [7, 11) is 1.79. The molecule has 1 aromatic heterocycles. The maximum Gasteiger partial charge on any atom is 0.191 e. The highest BCUT2D eigenvalue weighted by Crippen LogP contribution is 2.26. The van der Waals surface area contributed by atoms with Crippen LogP contribution in [0.3, 0.4) is 0 Å². The first-order valence-corrected chi connectivity index (χ1v) is 10.5. The van der Waals surface area contributed by atoms with E-state index >= 15 is 0 Å². The Labute approximate surface area is 170 Å². The van der Waals surface area contributed by atoms with E-state index in [0.29, 0.717) is 12.6 Å². The van der Waals surface area contributed by atoms with E-state index in [-0.39, 0.29) is 6.10 Å². The van der Waals surface area contributed by atoms with E-state index in [1.807, 2.05) is 24.3 Å². The number of nitrogens with one attached hydrogen (secondary N) is 2. The van der Waals surface area contributed by atoms with Gasteiger partial charge in [-0.05, 0) is 30.0 Å². The van der Waals surface area contributed by atoms with Crippen molar-refractivity contribution in [3.63, 3.8) is 0 Å². The molecule has 1 aromatic carbocycles. The van der Waals surface area contributed by atoms with Gasteiger partial charge < -0.3 is 15.4 Å². The van der Waals surface area contributed by atoms with Gasteiger partial charge in [-0.3, -0.25) is 9.89 Å². The summed E-state index contributed by atoms with van der Waals surface area (Å²) in [6, 6.07) is 12.5. The maximum atomic E-state index is 6.24. The van der Waals surface area contributed by atoms with Crippen LogP contribution in [0.1, 0.15) is 23.4 Å². The molecule has 2 unspecified atom stereocenters. The van der Waals surface area contributed by atoms with Gasteiger partial charge in [-0.15, -0.1) is 11.3 Å². The summed E-state index contributed by atoms with van der Waals surface area (Å²) >= 11 is 8.04. The van der Waals surface area contributed by atoms with Gasteiger partial charge in [0.05, 0.1) is 18.8 Å².